The number of carbonyl (C=O) groups excluding carboxylic acids is 1. The summed E-state index contributed by atoms with van der Waals surface area (Å²) in [7, 11) is 0. The molecule has 9 heteroatoms. The van der Waals surface area contributed by atoms with E-state index in [0.717, 1.165) is 12.0 Å². The van der Waals surface area contributed by atoms with Crippen LogP contribution in [-0.2, 0) is 17.8 Å². The SMILES string of the molecule is O=C(NCCCn1ccnn1)C1(Cc2ccccc2)CN(c2cc(=O)[nH]cn2)C1. The third kappa shape index (κ3) is 4.34. The maximum atomic E-state index is 13.1. The second kappa shape index (κ2) is 8.26. The molecule has 2 N–H and O–H groups in total. The van der Waals surface area contributed by atoms with E-state index in [9.17, 15) is 9.59 Å². The molecular formula is C20H23N7O2. The predicted octanol–water partition coefficient (Wildman–Crippen LogP) is 0.617. The average molecular weight is 393 g/mol. The molecule has 29 heavy (non-hydrogen) atoms. The minimum absolute atomic E-state index is 0.0287. The number of H-pyrrole nitrogens is 1. The van der Waals surface area contributed by atoms with Crippen molar-refractivity contribution in [2.75, 3.05) is 24.5 Å². The number of aromatic amines is 1. The normalized spacial score (nSPS) is 15.0. The van der Waals surface area contributed by atoms with Gasteiger partial charge in [-0.1, -0.05) is 35.5 Å². The van der Waals surface area contributed by atoms with Crippen LogP contribution < -0.4 is 15.8 Å². The number of benzene rings is 1. The van der Waals surface area contributed by atoms with Crippen LogP contribution in [0.2, 0.25) is 0 Å². The standard InChI is InChI=1S/C20H23N7O2/c28-18-11-17(22-15-23-18)26-13-20(14-26,12-16-5-2-1-3-6-16)19(29)21-7-4-9-27-10-8-24-25-27/h1-3,5-6,8,10-11,15H,4,7,9,12-14H2,(H,21,29)(H,22,23,28). The second-order valence-corrected chi connectivity index (χ2v) is 7.34. The molecule has 1 amide bonds. The highest BCUT2D eigenvalue weighted by Gasteiger charge is 2.49. The summed E-state index contributed by atoms with van der Waals surface area (Å²) in [5, 5.41) is 10.8. The van der Waals surface area contributed by atoms with Crippen LogP contribution in [-0.4, -0.2) is 50.5 Å². The third-order valence-electron chi connectivity index (χ3n) is 5.16. The van der Waals surface area contributed by atoms with Gasteiger partial charge in [0.15, 0.2) is 0 Å². The third-order valence-corrected chi connectivity index (χ3v) is 5.16. The van der Waals surface area contributed by atoms with Gasteiger partial charge >= 0.3 is 0 Å². The van der Waals surface area contributed by atoms with Crippen molar-refractivity contribution in [1.82, 2.24) is 30.3 Å². The Morgan fingerprint density at radius 3 is 2.79 bits per heavy atom. The molecule has 1 aromatic carbocycles. The zero-order chi connectivity index (χ0) is 20.1. The van der Waals surface area contributed by atoms with Crippen LogP contribution in [0.1, 0.15) is 12.0 Å². The van der Waals surface area contributed by atoms with Crippen LogP contribution in [0.5, 0.6) is 0 Å². The van der Waals surface area contributed by atoms with Crippen molar-refractivity contribution in [2.24, 2.45) is 5.41 Å². The molecule has 0 radical (unpaired) electrons. The average Bonchev–Trinajstić information content (AvgIpc) is 3.22. The van der Waals surface area contributed by atoms with Gasteiger partial charge in [0.2, 0.25) is 5.91 Å². The molecule has 0 spiro atoms. The molecule has 1 aliphatic rings. The van der Waals surface area contributed by atoms with Gasteiger partial charge in [0.25, 0.3) is 5.56 Å². The maximum absolute atomic E-state index is 13.1. The van der Waals surface area contributed by atoms with Gasteiger partial charge in [-0.05, 0) is 18.4 Å². The van der Waals surface area contributed by atoms with E-state index in [2.05, 4.69) is 25.6 Å². The smallest absolute Gasteiger partial charge is 0.252 e. The van der Waals surface area contributed by atoms with Crippen LogP contribution in [0.3, 0.4) is 0 Å². The first kappa shape index (κ1) is 18.9. The van der Waals surface area contributed by atoms with Crippen LogP contribution in [0.15, 0.2) is 59.9 Å². The predicted molar refractivity (Wildman–Crippen MR) is 107 cm³/mol. The lowest BCUT2D eigenvalue weighted by Gasteiger charge is -2.49. The topological polar surface area (TPSA) is 109 Å². The number of nitrogens with one attached hydrogen (secondary N) is 2. The largest absolute Gasteiger partial charge is 0.355 e. The lowest BCUT2D eigenvalue weighted by Crippen LogP contribution is -2.65. The minimum atomic E-state index is -0.543. The Labute approximate surface area is 167 Å². The van der Waals surface area contributed by atoms with Crippen molar-refractivity contribution in [3.05, 3.63) is 71.0 Å². The fourth-order valence-corrected chi connectivity index (χ4v) is 3.68. The Balaban J connectivity index is 1.41. The summed E-state index contributed by atoms with van der Waals surface area (Å²) in [6.45, 7) is 2.31. The summed E-state index contributed by atoms with van der Waals surface area (Å²) in [6, 6.07) is 11.5. The molecule has 0 unspecified atom stereocenters. The molecule has 3 heterocycles. The van der Waals surface area contributed by atoms with Gasteiger partial charge in [-0.25, -0.2) is 4.98 Å². The lowest BCUT2D eigenvalue weighted by molar-refractivity contribution is -0.132. The second-order valence-electron chi connectivity index (χ2n) is 7.34. The molecule has 0 bridgehead atoms. The van der Waals surface area contributed by atoms with E-state index in [-0.39, 0.29) is 11.5 Å². The van der Waals surface area contributed by atoms with E-state index in [4.69, 9.17) is 0 Å². The zero-order valence-corrected chi connectivity index (χ0v) is 16.0. The minimum Gasteiger partial charge on any atom is -0.355 e. The van der Waals surface area contributed by atoms with Crippen LogP contribution in [0.25, 0.3) is 0 Å². The number of anilines is 1. The first-order chi connectivity index (χ1) is 14.1. The molecule has 3 aromatic rings. The summed E-state index contributed by atoms with van der Waals surface area (Å²) >= 11 is 0. The summed E-state index contributed by atoms with van der Waals surface area (Å²) in [6.07, 6.45) is 6.24. The molecule has 2 aromatic heterocycles. The molecule has 9 nitrogen and oxygen atoms in total. The quantitative estimate of drug-likeness (QED) is 0.543. The number of rotatable bonds is 8. The summed E-state index contributed by atoms with van der Waals surface area (Å²) < 4.78 is 1.75. The van der Waals surface area contributed by atoms with Crippen molar-refractivity contribution in [1.29, 1.82) is 0 Å². The van der Waals surface area contributed by atoms with Crippen LogP contribution in [0.4, 0.5) is 5.82 Å². The van der Waals surface area contributed by atoms with Crippen molar-refractivity contribution in [2.45, 2.75) is 19.4 Å². The molecule has 150 valence electrons. The lowest BCUT2D eigenvalue weighted by atomic mass is 9.73. The van der Waals surface area contributed by atoms with Gasteiger partial charge in [0, 0.05) is 38.4 Å². The van der Waals surface area contributed by atoms with E-state index in [0.29, 0.717) is 38.4 Å². The Morgan fingerprint density at radius 1 is 1.24 bits per heavy atom. The maximum Gasteiger partial charge on any atom is 0.252 e. The van der Waals surface area contributed by atoms with Crippen molar-refractivity contribution in [3.63, 3.8) is 0 Å². The van der Waals surface area contributed by atoms with Crippen molar-refractivity contribution in [3.8, 4) is 0 Å². The molecule has 1 aliphatic heterocycles. The first-order valence-corrected chi connectivity index (χ1v) is 9.61. The van der Waals surface area contributed by atoms with Crippen LogP contribution in [0, 0.1) is 5.41 Å². The van der Waals surface area contributed by atoms with Gasteiger partial charge < -0.3 is 15.2 Å². The van der Waals surface area contributed by atoms with E-state index in [1.807, 2.05) is 35.2 Å². The number of hydrogen-bond donors (Lipinski definition) is 2. The highest BCUT2D eigenvalue weighted by molar-refractivity contribution is 5.86. The number of aryl methyl sites for hydroxylation is 1. The van der Waals surface area contributed by atoms with Crippen LogP contribution >= 0.6 is 0 Å². The fourth-order valence-electron chi connectivity index (χ4n) is 3.68. The number of hydrogen-bond acceptors (Lipinski definition) is 6. The summed E-state index contributed by atoms with van der Waals surface area (Å²) in [4.78, 5) is 33.4. The number of aromatic nitrogens is 5. The summed E-state index contributed by atoms with van der Waals surface area (Å²) in [5.41, 5.74) is 0.371. The first-order valence-electron chi connectivity index (χ1n) is 9.61. The van der Waals surface area contributed by atoms with Gasteiger partial charge in [-0.2, -0.15) is 0 Å². The summed E-state index contributed by atoms with van der Waals surface area (Å²) in [5.74, 6) is 0.623. The van der Waals surface area contributed by atoms with Gasteiger partial charge in [0.05, 0.1) is 17.9 Å². The highest BCUT2D eigenvalue weighted by Crippen LogP contribution is 2.36. The zero-order valence-electron chi connectivity index (χ0n) is 16.0. The Bertz CT molecular complexity index is 995. The number of amides is 1. The van der Waals surface area contributed by atoms with Gasteiger partial charge in [0.1, 0.15) is 5.82 Å². The van der Waals surface area contributed by atoms with E-state index in [1.54, 1.807) is 17.1 Å². The Morgan fingerprint density at radius 2 is 2.07 bits per heavy atom. The molecule has 1 saturated heterocycles. The molecular weight excluding hydrogens is 370 g/mol. The van der Waals surface area contributed by atoms with E-state index < -0.39 is 5.41 Å². The molecule has 0 atom stereocenters. The number of carbonyl (C=O) groups is 1. The highest BCUT2D eigenvalue weighted by atomic mass is 16.2. The van der Waals surface area contributed by atoms with E-state index >= 15 is 0 Å². The molecule has 1 fully saturated rings. The fraction of sp³-hybridized carbons (Fsp3) is 0.350. The molecule has 0 aliphatic carbocycles. The van der Waals surface area contributed by atoms with Crippen molar-refractivity contribution >= 4 is 11.7 Å². The van der Waals surface area contributed by atoms with Gasteiger partial charge in [-0.15, -0.1) is 5.10 Å². The Hall–Kier alpha value is -3.49. The molecule has 4 rings (SSSR count). The number of nitrogens with zero attached hydrogens (tertiary/aromatic N) is 5. The Kier molecular flexibility index (Phi) is 5.37. The monoisotopic (exact) mass is 393 g/mol. The van der Waals surface area contributed by atoms with Crippen molar-refractivity contribution < 1.29 is 4.79 Å². The van der Waals surface area contributed by atoms with E-state index in [1.165, 1.54) is 12.4 Å². The van der Waals surface area contributed by atoms with Gasteiger partial charge in [-0.3, -0.25) is 14.3 Å². The molecule has 0 saturated carbocycles.